The Morgan fingerprint density at radius 3 is 1.77 bits per heavy atom. The maximum absolute atomic E-state index is 13.4. The Hall–Kier alpha value is -4.64. The number of nitrogens with zero attached hydrogens (tertiary/aromatic N) is 2. The van der Waals surface area contributed by atoms with Crippen molar-refractivity contribution in [2.75, 3.05) is 7.11 Å². The Morgan fingerprint density at radius 1 is 0.771 bits per heavy atom. The third-order valence-electron chi connectivity index (χ3n) is 5.89. The van der Waals surface area contributed by atoms with E-state index in [4.69, 9.17) is 9.57 Å². The summed E-state index contributed by atoms with van der Waals surface area (Å²) in [5, 5.41) is 4.57. The number of hydrogen-bond donors (Lipinski definition) is 0. The minimum Gasteiger partial charge on any atom is -0.464 e. The second-order valence-electron chi connectivity index (χ2n) is 8.02. The molecule has 0 aromatic heterocycles. The van der Waals surface area contributed by atoms with Crippen molar-refractivity contribution < 1.29 is 14.4 Å². The number of rotatable bonds is 6. The molecule has 0 radical (unpaired) electrons. The first-order valence-electron chi connectivity index (χ1n) is 11.3. The first kappa shape index (κ1) is 22.2. The number of carbonyl (C=O) groups is 1. The van der Waals surface area contributed by atoms with Crippen LogP contribution >= 0.6 is 0 Å². The maximum Gasteiger partial charge on any atom is 0.354 e. The molecule has 35 heavy (non-hydrogen) atoms. The first-order chi connectivity index (χ1) is 17.2. The Bertz CT molecular complexity index is 1310. The van der Waals surface area contributed by atoms with Gasteiger partial charge in [0.05, 0.1) is 7.11 Å². The van der Waals surface area contributed by atoms with Crippen LogP contribution in [0.3, 0.4) is 0 Å². The van der Waals surface area contributed by atoms with E-state index in [0.29, 0.717) is 11.5 Å². The monoisotopic (exact) mass is 460 g/mol. The second kappa shape index (κ2) is 9.69. The SMILES string of the molecule is COC(=O)/C(=C\c1ccccc1)N1C(c2ccccc2)=NOC1(c1ccccc1)c1ccccc1. The molecule has 0 amide bonds. The zero-order valence-corrected chi connectivity index (χ0v) is 19.2. The highest BCUT2D eigenvalue weighted by molar-refractivity contribution is 6.07. The van der Waals surface area contributed by atoms with Gasteiger partial charge in [-0.2, -0.15) is 0 Å². The highest BCUT2D eigenvalue weighted by Gasteiger charge is 2.52. The first-order valence-corrected chi connectivity index (χ1v) is 11.3. The molecule has 5 rings (SSSR count). The van der Waals surface area contributed by atoms with Crippen LogP contribution in [-0.2, 0) is 20.1 Å². The number of ether oxygens (including phenoxy) is 1. The second-order valence-corrected chi connectivity index (χ2v) is 8.02. The molecule has 0 saturated heterocycles. The van der Waals surface area contributed by atoms with Crippen molar-refractivity contribution in [1.29, 1.82) is 0 Å². The summed E-state index contributed by atoms with van der Waals surface area (Å²) in [5.41, 5.74) is 2.37. The molecule has 4 aromatic carbocycles. The summed E-state index contributed by atoms with van der Waals surface area (Å²) < 4.78 is 5.29. The predicted molar refractivity (Wildman–Crippen MR) is 136 cm³/mol. The van der Waals surface area contributed by atoms with Crippen molar-refractivity contribution in [1.82, 2.24) is 4.90 Å². The van der Waals surface area contributed by atoms with Gasteiger partial charge in [0.15, 0.2) is 5.84 Å². The number of benzene rings is 4. The predicted octanol–water partition coefficient (Wildman–Crippen LogP) is 5.80. The van der Waals surface area contributed by atoms with Crippen molar-refractivity contribution in [2.45, 2.75) is 5.72 Å². The molecular formula is C30H24N2O3. The minimum absolute atomic E-state index is 0.298. The molecule has 0 N–H and O–H groups in total. The summed E-state index contributed by atoms with van der Waals surface area (Å²) in [5.74, 6) is 0.00473. The molecule has 172 valence electrons. The van der Waals surface area contributed by atoms with Crippen LogP contribution in [0.2, 0.25) is 0 Å². The highest BCUT2D eigenvalue weighted by atomic mass is 16.7. The van der Waals surface area contributed by atoms with Gasteiger partial charge in [-0.25, -0.2) is 4.79 Å². The van der Waals surface area contributed by atoms with Gasteiger partial charge in [0.1, 0.15) is 5.70 Å². The zero-order valence-electron chi connectivity index (χ0n) is 19.2. The molecule has 0 aliphatic carbocycles. The average Bonchev–Trinajstić information content (AvgIpc) is 3.34. The Balaban J connectivity index is 1.82. The molecule has 5 nitrogen and oxygen atoms in total. The van der Waals surface area contributed by atoms with E-state index < -0.39 is 11.7 Å². The molecule has 4 aromatic rings. The number of carbonyl (C=O) groups excluding carboxylic acids is 1. The van der Waals surface area contributed by atoms with Gasteiger partial charge in [0, 0.05) is 16.7 Å². The molecule has 1 aliphatic rings. The Morgan fingerprint density at radius 2 is 1.26 bits per heavy atom. The summed E-state index contributed by atoms with van der Waals surface area (Å²) >= 11 is 0. The van der Waals surface area contributed by atoms with Gasteiger partial charge in [0.2, 0.25) is 0 Å². The lowest BCUT2D eigenvalue weighted by molar-refractivity contribution is -0.140. The lowest BCUT2D eigenvalue weighted by Crippen LogP contribution is -2.48. The van der Waals surface area contributed by atoms with Gasteiger partial charge >= 0.3 is 5.97 Å². The fourth-order valence-electron chi connectivity index (χ4n) is 4.28. The van der Waals surface area contributed by atoms with Gasteiger partial charge in [-0.05, 0) is 11.6 Å². The van der Waals surface area contributed by atoms with Gasteiger partial charge < -0.3 is 9.57 Å². The van der Waals surface area contributed by atoms with Crippen LogP contribution in [0.25, 0.3) is 6.08 Å². The normalized spacial score (nSPS) is 14.7. The summed E-state index contributed by atoms with van der Waals surface area (Å²) in [6.07, 6.45) is 1.81. The van der Waals surface area contributed by atoms with E-state index in [1.54, 1.807) is 6.08 Å². The summed E-state index contributed by atoms with van der Waals surface area (Å²) in [7, 11) is 1.38. The van der Waals surface area contributed by atoms with Crippen LogP contribution in [0.1, 0.15) is 22.3 Å². The maximum atomic E-state index is 13.4. The third kappa shape index (κ3) is 4.08. The topological polar surface area (TPSA) is 51.1 Å². The lowest BCUT2D eigenvalue weighted by atomic mass is 9.91. The molecular weight excluding hydrogens is 436 g/mol. The van der Waals surface area contributed by atoms with E-state index >= 15 is 0 Å². The van der Waals surface area contributed by atoms with Crippen LogP contribution in [-0.4, -0.2) is 23.8 Å². The highest BCUT2D eigenvalue weighted by Crippen LogP contribution is 2.45. The van der Waals surface area contributed by atoms with E-state index in [-0.39, 0.29) is 0 Å². The fourth-order valence-corrected chi connectivity index (χ4v) is 4.28. The van der Waals surface area contributed by atoms with Crippen LogP contribution in [0.15, 0.2) is 132 Å². The van der Waals surface area contributed by atoms with Crippen LogP contribution in [0.4, 0.5) is 0 Å². The summed E-state index contributed by atoms with van der Waals surface area (Å²) in [6, 6.07) is 38.9. The molecule has 0 bridgehead atoms. The fraction of sp³-hybridized carbons (Fsp3) is 0.0667. The third-order valence-corrected chi connectivity index (χ3v) is 5.89. The number of methoxy groups -OCH3 is 1. The zero-order chi connectivity index (χ0) is 24.1. The number of amidine groups is 1. The molecule has 0 fully saturated rings. The summed E-state index contributed by atoms with van der Waals surface area (Å²) in [4.78, 5) is 21.6. The van der Waals surface area contributed by atoms with Crippen LogP contribution in [0.5, 0.6) is 0 Å². The van der Waals surface area contributed by atoms with E-state index in [1.807, 2.05) is 126 Å². The molecule has 0 saturated carbocycles. The minimum atomic E-state index is -1.23. The molecule has 5 heteroatoms. The van der Waals surface area contributed by atoms with Crippen molar-refractivity contribution in [3.05, 3.63) is 149 Å². The summed E-state index contributed by atoms with van der Waals surface area (Å²) in [6.45, 7) is 0. The van der Waals surface area contributed by atoms with E-state index in [0.717, 1.165) is 22.3 Å². The quantitative estimate of drug-likeness (QED) is 0.270. The van der Waals surface area contributed by atoms with E-state index in [2.05, 4.69) is 5.16 Å². The van der Waals surface area contributed by atoms with E-state index in [1.165, 1.54) is 7.11 Å². The molecule has 0 spiro atoms. The lowest BCUT2D eigenvalue weighted by Gasteiger charge is -2.38. The molecule has 1 aliphatic heterocycles. The van der Waals surface area contributed by atoms with Crippen molar-refractivity contribution in [2.24, 2.45) is 5.16 Å². The number of esters is 1. The molecule has 0 unspecified atom stereocenters. The molecule has 0 atom stereocenters. The average molecular weight is 461 g/mol. The smallest absolute Gasteiger partial charge is 0.354 e. The van der Waals surface area contributed by atoms with Crippen molar-refractivity contribution >= 4 is 17.9 Å². The van der Waals surface area contributed by atoms with Crippen molar-refractivity contribution in [3.8, 4) is 0 Å². The molecule has 1 heterocycles. The largest absolute Gasteiger partial charge is 0.464 e. The number of oxime groups is 1. The standard InChI is InChI=1S/C30H24N2O3/c1-34-29(33)27(22-23-14-6-2-7-15-23)32-28(24-16-8-3-9-17-24)31-35-30(32,25-18-10-4-11-19-25)26-20-12-5-13-21-26/h2-22H,1H3/b27-22+. The van der Waals surface area contributed by atoms with Crippen molar-refractivity contribution in [3.63, 3.8) is 0 Å². The van der Waals surface area contributed by atoms with Gasteiger partial charge in [-0.15, -0.1) is 0 Å². The van der Waals surface area contributed by atoms with Crippen LogP contribution in [0, 0.1) is 0 Å². The Labute approximate surface area is 204 Å². The van der Waals surface area contributed by atoms with Gasteiger partial charge in [0.25, 0.3) is 5.72 Å². The van der Waals surface area contributed by atoms with Crippen LogP contribution < -0.4 is 0 Å². The number of hydrogen-bond acceptors (Lipinski definition) is 5. The van der Waals surface area contributed by atoms with E-state index in [9.17, 15) is 4.79 Å². The Kier molecular flexibility index (Phi) is 6.14. The van der Waals surface area contributed by atoms with Gasteiger partial charge in [-0.3, -0.25) is 4.90 Å². The van der Waals surface area contributed by atoms with Gasteiger partial charge in [-0.1, -0.05) is 126 Å².